The van der Waals surface area contributed by atoms with Crippen LogP contribution < -0.4 is 0 Å². The molecule has 2 nitrogen and oxygen atoms in total. The van der Waals surface area contributed by atoms with E-state index in [1.165, 1.54) is 24.0 Å². The van der Waals surface area contributed by atoms with Crippen molar-refractivity contribution in [1.82, 2.24) is 0 Å². The van der Waals surface area contributed by atoms with Gasteiger partial charge in [0.1, 0.15) is 0 Å². The quantitative estimate of drug-likeness (QED) is 0.701. The van der Waals surface area contributed by atoms with E-state index in [0.29, 0.717) is 10.6 Å². The van der Waals surface area contributed by atoms with Gasteiger partial charge in [-0.2, -0.15) is 0 Å². The van der Waals surface area contributed by atoms with E-state index in [4.69, 9.17) is 16.7 Å². The fourth-order valence-electron chi connectivity index (χ4n) is 2.01. The smallest absolute Gasteiger partial charge is 0.382 e. The Morgan fingerprint density at radius 3 is 2.81 bits per heavy atom. The number of rotatable bonds is 0. The number of carboxylic acids is 1. The molecule has 0 radical (unpaired) electrons. The Hall–Kier alpha value is -1.46. The summed E-state index contributed by atoms with van der Waals surface area (Å²) in [7, 11) is 0. The zero-order chi connectivity index (χ0) is 11.5. The first-order valence-corrected chi connectivity index (χ1v) is 5.61. The summed E-state index contributed by atoms with van der Waals surface area (Å²) in [4.78, 5) is 10.3. The minimum absolute atomic E-state index is 0.688. The molecule has 0 atom stereocenters. The van der Waals surface area contributed by atoms with E-state index in [1.807, 2.05) is 6.07 Å². The third-order valence-electron chi connectivity index (χ3n) is 2.72. The van der Waals surface area contributed by atoms with Gasteiger partial charge in [0.2, 0.25) is 0 Å². The number of hydrogen-bond donors (Lipinski definition) is 1. The number of carbonyl (C=O) groups is 1. The molecular weight excluding hydrogens is 224 g/mol. The summed E-state index contributed by atoms with van der Waals surface area (Å²) in [6.45, 7) is 0. The lowest BCUT2D eigenvalue weighted by molar-refractivity contribution is -0.130. The van der Waals surface area contributed by atoms with Gasteiger partial charge in [-0.25, -0.2) is 4.79 Å². The molecule has 0 heterocycles. The summed E-state index contributed by atoms with van der Waals surface area (Å²) in [5, 5.41) is 9.19. The van der Waals surface area contributed by atoms with Crippen molar-refractivity contribution in [3.05, 3.63) is 33.8 Å². The van der Waals surface area contributed by atoms with Crippen molar-refractivity contribution < 1.29 is 9.90 Å². The molecule has 0 spiro atoms. The predicted octanol–water partition coefficient (Wildman–Crippen LogP) is 2.65. The highest BCUT2D eigenvalue weighted by Crippen LogP contribution is 2.29. The molecule has 0 saturated heterocycles. The molecule has 0 aromatic heterocycles. The Balaban J connectivity index is 2.40. The van der Waals surface area contributed by atoms with Crippen molar-refractivity contribution in [2.24, 2.45) is 0 Å². The summed E-state index contributed by atoms with van der Waals surface area (Å²) in [6, 6.07) is 3.71. The second-order valence-electron chi connectivity index (χ2n) is 3.86. The third-order valence-corrected chi connectivity index (χ3v) is 3.06. The van der Waals surface area contributed by atoms with Crippen LogP contribution >= 0.6 is 11.6 Å². The lowest BCUT2D eigenvalue weighted by Crippen LogP contribution is -2.03. The standard InChI is InChI=1S/C13H11ClO2/c14-12-8-9(5-6-13(15)16)7-10-3-1-2-4-11(10)12/h7-8H,1-4H2,(H,15,16). The van der Waals surface area contributed by atoms with E-state index in [0.717, 1.165) is 12.8 Å². The second kappa shape index (κ2) is 4.59. The average Bonchev–Trinajstić information content (AvgIpc) is 2.26. The van der Waals surface area contributed by atoms with E-state index in [1.54, 1.807) is 6.07 Å². The van der Waals surface area contributed by atoms with Crippen molar-refractivity contribution in [2.45, 2.75) is 25.7 Å². The first-order valence-electron chi connectivity index (χ1n) is 5.23. The van der Waals surface area contributed by atoms with Gasteiger partial charge in [0.05, 0.1) is 0 Å². The zero-order valence-electron chi connectivity index (χ0n) is 8.72. The normalized spacial score (nSPS) is 13.6. The van der Waals surface area contributed by atoms with Crippen LogP contribution in [0.5, 0.6) is 0 Å². The molecule has 2 rings (SSSR count). The maximum Gasteiger partial charge on any atom is 0.382 e. The van der Waals surface area contributed by atoms with E-state index in [-0.39, 0.29) is 0 Å². The van der Waals surface area contributed by atoms with Gasteiger partial charge in [0.15, 0.2) is 0 Å². The summed E-state index contributed by atoms with van der Waals surface area (Å²) in [5.41, 5.74) is 3.11. The molecule has 0 bridgehead atoms. The fourth-order valence-corrected chi connectivity index (χ4v) is 2.34. The second-order valence-corrected chi connectivity index (χ2v) is 4.27. The number of halogens is 1. The van der Waals surface area contributed by atoms with Gasteiger partial charge >= 0.3 is 5.97 Å². The van der Waals surface area contributed by atoms with Crippen LogP contribution in [-0.4, -0.2) is 11.1 Å². The highest BCUT2D eigenvalue weighted by Gasteiger charge is 2.13. The first kappa shape index (κ1) is 11.0. The summed E-state index contributed by atoms with van der Waals surface area (Å²) >= 11 is 6.15. The fraction of sp³-hybridized carbons (Fsp3) is 0.308. The molecule has 0 amide bonds. The average molecular weight is 235 g/mol. The van der Waals surface area contributed by atoms with Gasteiger partial charge < -0.3 is 5.11 Å². The molecule has 0 saturated carbocycles. The summed E-state index contributed by atoms with van der Waals surface area (Å²) in [6.07, 6.45) is 4.37. The zero-order valence-corrected chi connectivity index (χ0v) is 9.47. The molecule has 1 N–H and O–H groups in total. The first-order chi connectivity index (χ1) is 7.66. The van der Waals surface area contributed by atoms with Crippen LogP contribution in [0.1, 0.15) is 29.5 Å². The third kappa shape index (κ3) is 2.37. The largest absolute Gasteiger partial charge is 0.472 e. The van der Waals surface area contributed by atoms with Gasteiger partial charge in [0.25, 0.3) is 0 Å². The molecule has 0 fully saturated rings. The van der Waals surface area contributed by atoms with Gasteiger partial charge in [-0.15, -0.1) is 0 Å². The van der Waals surface area contributed by atoms with Crippen LogP contribution in [0.25, 0.3) is 0 Å². The SMILES string of the molecule is O=C(O)C#Cc1cc(Cl)c2c(c1)CCCC2. The van der Waals surface area contributed by atoms with Crippen LogP contribution in [0, 0.1) is 11.8 Å². The highest BCUT2D eigenvalue weighted by molar-refractivity contribution is 6.31. The van der Waals surface area contributed by atoms with Gasteiger partial charge in [-0.1, -0.05) is 17.5 Å². The summed E-state index contributed by atoms with van der Waals surface area (Å²) < 4.78 is 0. The minimum atomic E-state index is -1.12. The van der Waals surface area contributed by atoms with E-state index < -0.39 is 5.97 Å². The van der Waals surface area contributed by atoms with Crippen molar-refractivity contribution >= 4 is 17.6 Å². The van der Waals surface area contributed by atoms with E-state index >= 15 is 0 Å². The van der Waals surface area contributed by atoms with Crippen molar-refractivity contribution in [1.29, 1.82) is 0 Å². The number of fused-ring (bicyclic) bond motifs is 1. The molecule has 16 heavy (non-hydrogen) atoms. The number of benzene rings is 1. The minimum Gasteiger partial charge on any atom is -0.472 e. The number of carboxylic acid groups (broad SMARTS) is 1. The van der Waals surface area contributed by atoms with Crippen molar-refractivity contribution in [3.63, 3.8) is 0 Å². The maximum absolute atomic E-state index is 10.3. The van der Waals surface area contributed by atoms with Crippen LogP contribution in [0.15, 0.2) is 12.1 Å². The van der Waals surface area contributed by atoms with E-state index in [2.05, 4.69) is 11.8 Å². The topological polar surface area (TPSA) is 37.3 Å². The van der Waals surface area contributed by atoms with Crippen LogP contribution in [0.3, 0.4) is 0 Å². The molecule has 82 valence electrons. The van der Waals surface area contributed by atoms with Gasteiger partial charge in [-0.3, -0.25) is 0 Å². The van der Waals surface area contributed by atoms with Crippen LogP contribution in [0.2, 0.25) is 5.02 Å². The summed E-state index contributed by atoms with van der Waals surface area (Å²) in [5.74, 6) is 3.59. The maximum atomic E-state index is 10.3. The molecule has 1 aromatic carbocycles. The number of hydrogen-bond acceptors (Lipinski definition) is 1. The molecule has 0 aliphatic heterocycles. The van der Waals surface area contributed by atoms with Gasteiger partial charge in [-0.05, 0) is 48.9 Å². The molecule has 3 heteroatoms. The van der Waals surface area contributed by atoms with Gasteiger partial charge in [0, 0.05) is 16.5 Å². The number of aliphatic carboxylic acids is 1. The molecule has 0 unspecified atom stereocenters. The monoisotopic (exact) mass is 234 g/mol. The molecular formula is C13H11ClO2. The predicted molar refractivity (Wildman–Crippen MR) is 62.6 cm³/mol. The Morgan fingerprint density at radius 1 is 1.31 bits per heavy atom. The molecule has 1 aromatic rings. The lowest BCUT2D eigenvalue weighted by atomic mass is 9.90. The Kier molecular flexibility index (Phi) is 3.17. The number of aryl methyl sites for hydroxylation is 1. The molecule has 1 aliphatic carbocycles. The van der Waals surface area contributed by atoms with Crippen molar-refractivity contribution in [3.8, 4) is 11.8 Å². The Morgan fingerprint density at radius 2 is 2.06 bits per heavy atom. The Bertz CT molecular complexity index is 495. The molecule has 1 aliphatic rings. The highest BCUT2D eigenvalue weighted by atomic mass is 35.5. The van der Waals surface area contributed by atoms with Crippen LogP contribution in [-0.2, 0) is 17.6 Å². The van der Waals surface area contributed by atoms with Crippen molar-refractivity contribution in [2.75, 3.05) is 0 Å². The van der Waals surface area contributed by atoms with E-state index in [9.17, 15) is 4.79 Å². The Labute approximate surface area is 99.2 Å². The van der Waals surface area contributed by atoms with Crippen LogP contribution in [0.4, 0.5) is 0 Å². The lowest BCUT2D eigenvalue weighted by Gasteiger charge is -2.17.